The molecule has 0 atom stereocenters. The monoisotopic (exact) mass is 534 g/mol. The Hall–Kier alpha value is -4.25. The molecule has 0 spiro atoms. The van der Waals surface area contributed by atoms with Crippen LogP contribution in [0.25, 0.3) is 16.9 Å². The zero-order valence-corrected chi connectivity index (χ0v) is 22.9. The van der Waals surface area contributed by atoms with Crippen molar-refractivity contribution in [1.82, 2.24) is 20.0 Å². The summed E-state index contributed by atoms with van der Waals surface area (Å²) in [6.45, 7) is 7.90. The Kier molecular flexibility index (Phi) is 7.23. The second kappa shape index (κ2) is 10.3. The third-order valence-corrected chi connectivity index (χ3v) is 6.46. The fourth-order valence-corrected chi connectivity index (χ4v) is 4.42. The van der Waals surface area contributed by atoms with E-state index in [1.807, 2.05) is 45.9 Å². The van der Waals surface area contributed by atoms with Gasteiger partial charge >= 0.3 is 0 Å². The summed E-state index contributed by atoms with van der Waals surface area (Å²) in [5.74, 6) is -0.185. The van der Waals surface area contributed by atoms with Gasteiger partial charge in [0.05, 0.1) is 36.6 Å². The first-order valence-corrected chi connectivity index (χ1v) is 13.7. The van der Waals surface area contributed by atoms with Crippen LogP contribution in [0.5, 0.6) is 5.75 Å². The third kappa shape index (κ3) is 6.00. The van der Waals surface area contributed by atoms with Crippen molar-refractivity contribution in [2.24, 2.45) is 0 Å². The molecule has 4 aromatic rings. The fraction of sp³-hybridized carbons (Fsp3) is 0.259. The Morgan fingerprint density at radius 1 is 1.08 bits per heavy atom. The number of aryl methyl sites for hydroxylation is 1. The number of nitrogens with zero attached hydrogens (tertiary/aromatic N) is 4. The minimum Gasteiger partial charge on any atom is -0.492 e. The lowest BCUT2D eigenvalue weighted by Gasteiger charge is -2.24. The van der Waals surface area contributed by atoms with Gasteiger partial charge in [0.15, 0.2) is 5.75 Å². The highest BCUT2D eigenvalue weighted by Crippen LogP contribution is 2.39. The highest BCUT2D eigenvalue weighted by atomic mass is 32.2. The first-order chi connectivity index (χ1) is 17.9. The van der Waals surface area contributed by atoms with Crippen molar-refractivity contribution in [3.8, 4) is 22.7 Å². The predicted octanol–water partition coefficient (Wildman–Crippen LogP) is 4.57. The molecule has 0 bridgehead atoms. The van der Waals surface area contributed by atoms with E-state index in [4.69, 9.17) is 4.74 Å². The minimum absolute atomic E-state index is 0.210. The number of nitrogens with one attached hydrogen (secondary N) is 2. The molecular formula is C27H30N6O4S. The Labute approximate surface area is 222 Å². The van der Waals surface area contributed by atoms with E-state index in [0.717, 1.165) is 22.9 Å². The lowest BCUT2D eigenvalue weighted by molar-refractivity contribution is 0.102. The summed E-state index contributed by atoms with van der Waals surface area (Å²) in [4.78, 5) is 17.5. The Bertz CT molecular complexity index is 1590. The largest absolute Gasteiger partial charge is 0.492 e. The number of hydrogen-bond donors (Lipinski definition) is 2. The van der Waals surface area contributed by atoms with Crippen molar-refractivity contribution in [3.05, 3.63) is 77.7 Å². The average Bonchev–Trinajstić information content (AvgIpc) is 3.33. The molecule has 0 aliphatic carbocycles. The molecule has 38 heavy (non-hydrogen) atoms. The van der Waals surface area contributed by atoms with Crippen molar-refractivity contribution in [2.45, 2.75) is 33.1 Å². The average molecular weight is 535 g/mol. The number of ether oxygens (including phenoxy) is 1. The normalized spacial score (nSPS) is 11.7. The van der Waals surface area contributed by atoms with Crippen LogP contribution in [0.3, 0.4) is 0 Å². The van der Waals surface area contributed by atoms with Gasteiger partial charge in [-0.05, 0) is 59.9 Å². The number of amides is 1. The molecule has 0 saturated carbocycles. The standard InChI is InChI=1S/C27H30N6O4S/c1-17-9-10-18(12-24(17)33-16-23(30-32-33)19-8-7-11-28-15-19)26(34)29-21-13-20(27(2,3)4)14-22(25(21)37-5)31-38(6,35)36/h7-16,31H,1-6H3,(H,29,34). The van der Waals surface area contributed by atoms with E-state index in [0.29, 0.717) is 22.6 Å². The number of benzene rings is 2. The zero-order chi connectivity index (χ0) is 27.7. The molecule has 0 unspecified atom stereocenters. The number of sulfonamides is 1. The molecular weight excluding hydrogens is 504 g/mol. The van der Waals surface area contributed by atoms with Crippen LogP contribution in [0.15, 0.2) is 61.1 Å². The SMILES string of the molecule is COc1c(NC(=O)c2ccc(C)c(-n3cc(-c4cccnc4)nn3)c2)cc(C(C)(C)C)cc1NS(C)(=O)=O. The maximum Gasteiger partial charge on any atom is 0.255 e. The number of methoxy groups -OCH3 is 1. The summed E-state index contributed by atoms with van der Waals surface area (Å²) in [5, 5.41) is 11.4. The van der Waals surface area contributed by atoms with E-state index in [1.165, 1.54) is 7.11 Å². The Morgan fingerprint density at radius 3 is 2.45 bits per heavy atom. The van der Waals surface area contributed by atoms with Gasteiger partial charge in [-0.3, -0.25) is 14.5 Å². The van der Waals surface area contributed by atoms with Gasteiger partial charge in [-0.15, -0.1) is 5.10 Å². The van der Waals surface area contributed by atoms with Crippen molar-refractivity contribution in [3.63, 3.8) is 0 Å². The Balaban J connectivity index is 1.70. The second-order valence-corrected chi connectivity index (χ2v) is 11.7. The van der Waals surface area contributed by atoms with Crippen LogP contribution in [-0.2, 0) is 15.4 Å². The molecule has 2 heterocycles. The molecule has 198 valence electrons. The molecule has 11 heteroatoms. The van der Waals surface area contributed by atoms with Crippen molar-refractivity contribution >= 4 is 27.3 Å². The molecule has 0 radical (unpaired) electrons. The van der Waals surface area contributed by atoms with Crippen LogP contribution in [0.1, 0.15) is 42.3 Å². The summed E-state index contributed by atoms with van der Waals surface area (Å²) in [6, 6.07) is 12.5. The number of carbonyl (C=O) groups excluding carboxylic acids is 1. The second-order valence-electron chi connectivity index (χ2n) is 9.97. The van der Waals surface area contributed by atoms with Gasteiger partial charge in [0.25, 0.3) is 5.91 Å². The third-order valence-electron chi connectivity index (χ3n) is 5.87. The summed E-state index contributed by atoms with van der Waals surface area (Å²) in [5.41, 5.74) is 4.53. The summed E-state index contributed by atoms with van der Waals surface area (Å²) in [6.07, 6.45) is 6.23. The minimum atomic E-state index is -3.59. The van der Waals surface area contributed by atoms with E-state index >= 15 is 0 Å². The zero-order valence-electron chi connectivity index (χ0n) is 22.1. The van der Waals surface area contributed by atoms with E-state index < -0.39 is 15.9 Å². The number of aromatic nitrogens is 4. The summed E-state index contributed by atoms with van der Waals surface area (Å²) in [7, 11) is -2.17. The molecule has 0 fully saturated rings. The first-order valence-electron chi connectivity index (χ1n) is 11.8. The van der Waals surface area contributed by atoms with E-state index in [2.05, 4.69) is 25.3 Å². The van der Waals surface area contributed by atoms with Gasteiger partial charge in [-0.1, -0.05) is 32.1 Å². The molecule has 0 saturated heterocycles. The molecule has 0 aliphatic rings. The predicted molar refractivity (Wildman–Crippen MR) is 147 cm³/mol. The number of hydrogen-bond acceptors (Lipinski definition) is 7. The van der Waals surface area contributed by atoms with Gasteiger partial charge in [-0.2, -0.15) is 0 Å². The van der Waals surface area contributed by atoms with Crippen LogP contribution in [0.2, 0.25) is 0 Å². The number of rotatable bonds is 7. The molecule has 0 aliphatic heterocycles. The van der Waals surface area contributed by atoms with E-state index in [1.54, 1.807) is 47.5 Å². The number of anilines is 2. The molecule has 2 N–H and O–H groups in total. The fourth-order valence-electron chi connectivity index (χ4n) is 3.87. The molecule has 2 aromatic heterocycles. The maximum atomic E-state index is 13.4. The summed E-state index contributed by atoms with van der Waals surface area (Å²) >= 11 is 0. The number of carbonyl (C=O) groups is 1. The van der Waals surface area contributed by atoms with Crippen molar-refractivity contribution in [1.29, 1.82) is 0 Å². The molecule has 4 rings (SSSR count). The number of pyridine rings is 1. The van der Waals surface area contributed by atoms with Gasteiger partial charge in [0.1, 0.15) is 5.69 Å². The highest BCUT2D eigenvalue weighted by Gasteiger charge is 2.23. The van der Waals surface area contributed by atoms with Gasteiger partial charge in [0, 0.05) is 23.5 Å². The molecule has 1 amide bonds. The quantitative estimate of drug-likeness (QED) is 0.355. The van der Waals surface area contributed by atoms with Crippen molar-refractivity contribution < 1.29 is 17.9 Å². The van der Waals surface area contributed by atoms with Crippen LogP contribution < -0.4 is 14.8 Å². The lowest BCUT2D eigenvalue weighted by atomic mass is 9.86. The van der Waals surface area contributed by atoms with Crippen LogP contribution in [-0.4, -0.2) is 47.7 Å². The van der Waals surface area contributed by atoms with Crippen molar-refractivity contribution in [2.75, 3.05) is 23.4 Å². The van der Waals surface area contributed by atoms with Crippen LogP contribution in [0, 0.1) is 6.92 Å². The van der Waals surface area contributed by atoms with E-state index in [-0.39, 0.29) is 16.9 Å². The topological polar surface area (TPSA) is 128 Å². The smallest absolute Gasteiger partial charge is 0.255 e. The van der Waals surface area contributed by atoms with Gasteiger partial charge in [-0.25, -0.2) is 13.1 Å². The van der Waals surface area contributed by atoms with E-state index in [9.17, 15) is 13.2 Å². The highest BCUT2D eigenvalue weighted by molar-refractivity contribution is 7.92. The van der Waals surface area contributed by atoms with Crippen LogP contribution >= 0.6 is 0 Å². The van der Waals surface area contributed by atoms with Gasteiger partial charge < -0.3 is 10.1 Å². The Morgan fingerprint density at radius 2 is 1.82 bits per heavy atom. The molecule has 2 aromatic carbocycles. The summed E-state index contributed by atoms with van der Waals surface area (Å²) < 4.78 is 33.6. The van der Waals surface area contributed by atoms with Gasteiger partial charge in [0.2, 0.25) is 10.0 Å². The van der Waals surface area contributed by atoms with Crippen LogP contribution in [0.4, 0.5) is 11.4 Å². The lowest BCUT2D eigenvalue weighted by Crippen LogP contribution is -2.18. The maximum absolute atomic E-state index is 13.4. The first kappa shape index (κ1) is 26.8. The molecule has 10 nitrogen and oxygen atoms in total.